The van der Waals surface area contributed by atoms with Gasteiger partial charge in [0.1, 0.15) is 11.3 Å². The summed E-state index contributed by atoms with van der Waals surface area (Å²) < 4.78 is 8.68. The van der Waals surface area contributed by atoms with E-state index in [0.29, 0.717) is 30.0 Å². The number of carbonyl (C=O) groups is 1. The van der Waals surface area contributed by atoms with Crippen LogP contribution >= 0.6 is 0 Å². The van der Waals surface area contributed by atoms with E-state index in [0.717, 1.165) is 36.5 Å². The number of hydrogen-bond donors (Lipinski definition) is 1. The molecule has 174 valence electrons. The zero-order valence-corrected chi connectivity index (χ0v) is 19.3. The van der Waals surface area contributed by atoms with Gasteiger partial charge in [-0.25, -0.2) is 0 Å². The molecule has 0 aliphatic carbocycles. The van der Waals surface area contributed by atoms with Crippen LogP contribution in [0.5, 0.6) is 5.75 Å². The molecule has 2 aromatic heterocycles. The number of rotatable bonds is 6. The predicted octanol–water partition coefficient (Wildman–Crippen LogP) is 3.34. The number of para-hydroxylation sites is 1. The van der Waals surface area contributed by atoms with Gasteiger partial charge >= 0.3 is 0 Å². The van der Waals surface area contributed by atoms with Crippen LogP contribution in [-0.2, 0) is 26.1 Å². The van der Waals surface area contributed by atoms with Gasteiger partial charge in [-0.15, -0.1) is 0 Å². The standard InChI is InChI=1S/C26H27N5O3/c1-3-30-23-13-14-29(16-18-9-11-20(34-2)12-10-18)17-22(23)26(33)31-25(30)21(15-27-31)24(32)28-19-7-5-4-6-8-19/h4-12,15H,3,13-14,16-17H2,1-2H3,(H,28,32). The van der Waals surface area contributed by atoms with Gasteiger partial charge in [0.05, 0.1) is 18.9 Å². The summed E-state index contributed by atoms with van der Waals surface area (Å²) in [4.78, 5) is 28.7. The smallest absolute Gasteiger partial charge is 0.279 e. The van der Waals surface area contributed by atoms with E-state index in [4.69, 9.17) is 4.74 Å². The Kier molecular flexibility index (Phi) is 5.90. The Morgan fingerprint density at radius 1 is 1.12 bits per heavy atom. The Bertz CT molecular complexity index is 1390. The fourth-order valence-electron chi connectivity index (χ4n) is 4.65. The Labute approximate surface area is 197 Å². The lowest BCUT2D eigenvalue weighted by atomic mass is 10.0. The normalized spacial score (nSPS) is 13.6. The highest BCUT2D eigenvalue weighted by molar-refractivity contribution is 6.08. The summed E-state index contributed by atoms with van der Waals surface area (Å²) in [6.45, 7) is 4.79. The van der Waals surface area contributed by atoms with Gasteiger partial charge in [0.15, 0.2) is 5.65 Å². The maximum absolute atomic E-state index is 13.4. The molecular formula is C26H27N5O3. The molecule has 8 nitrogen and oxygen atoms in total. The average Bonchev–Trinajstić information content (AvgIpc) is 3.31. The van der Waals surface area contributed by atoms with Gasteiger partial charge in [-0.2, -0.15) is 9.61 Å². The Balaban J connectivity index is 1.47. The second-order valence-corrected chi connectivity index (χ2v) is 8.40. The number of aryl methyl sites for hydroxylation is 1. The second-order valence-electron chi connectivity index (χ2n) is 8.40. The second kappa shape index (κ2) is 9.15. The molecule has 34 heavy (non-hydrogen) atoms. The van der Waals surface area contributed by atoms with Gasteiger partial charge in [-0.1, -0.05) is 30.3 Å². The fourth-order valence-corrected chi connectivity index (χ4v) is 4.65. The van der Waals surface area contributed by atoms with Crippen molar-refractivity contribution < 1.29 is 9.53 Å². The van der Waals surface area contributed by atoms with Crippen molar-refractivity contribution in [1.82, 2.24) is 19.1 Å². The van der Waals surface area contributed by atoms with Crippen LogP contribution in [0.4, 0.5) is 5.69 Å². The molecule has 0 atom stereocenters. The van der Waals surface area contributed by atoms with E-state index in [1.807, 2.05) is 61.5 Å². The molecule has 0 saturated carbocycles. The highest BCUT2D eigenvalue weighted by atomic mass is 16.5. The lowest BCUT2D eigenvalue weighted by molar-refractivity contribution is 0.102. The number of nitrogens with one attached hydrogen (secondary N) is 1. The molecular weight excluding hydrogens is 430 g/mol. The van der Waals surface area contributed by atoms with E-state index in [1.54, 1.807) is 7.11 Å². The van der Waals surface area contributed by atoms with Crippen LogP contribution in [0.15, 0.2) is 65.6 Å². The van der Waals surface area contributed by atoms with Crippen LogP contribution in [-0.4, -0.2) is 38.6 Å². The topological polar surface area (TPSA) is 80.9 Å². The van der Waals surface area contributed by atoms with E-state index in [2.05, 4.69) is 19.9 Å². The SMILES string of the molecule is CCn1c2c(c(=O)n3ncc(C(=O)Nc4ccccc4)c13)CN(Cc1ccc(OC)cc1)CC2. The first-order valence-electron chi connectivity index (χ1n) is 11.4. The molecule has 2 aromatic carbocycles. The monoisotopic (exact) mass is 457 g/mol. The van der Waals surface area contributed by atoms with Gasteiger partial charge in [0.2, 0.25) is 0 Å². The van der Waals surface area contributed by atoms with Crippen molar-refractivity contribution in [1.29, 1.82) is 0 Å². The Hall–Kier alpha value is -3.91. The minimum atomic E-state index is -0.278. The number of amides is 1. The first kappa shape index (κ1) is 21.9. The molecule has 8 heteroatoms. The largest absolute Gasteiger partial charge is 0.497 e. The van der Waals surface area contributed by atoms with E-state index < -0.39 is 0 Å². The summed E-state index contributed by atoms with van der Waals surface area (Å²) in [6, 6.07) is 17.3. The van der Waals surface area contributed by atoms with Gasteiger partial charge in [-0.3, -0.25) is 14.5 Å². The quantitative estimate of drug-likeness (QED) is 0.480. The molecule has 1 N–H and O–H groups in total. The zero-order valence-electron chi connectivity index (χ0n) is 19.3. The molecule has 0 bridgehead atoms. The molecule has 1 aliphatic rings. The molecule has 0 fully saturated rings. The van der Waals surface area contributed by atoms with Crippen molar-refractivity contribution in [3.05, 3.63) is 93.5 Å². The molecule has 0 saturated heterocycles. The van der Waals surface area contributed by atoms with Gasteiger partial charge < -0.3 is 14.6 Å². The lowest BCUT2D eigenvalue weighted by Crippen LogP contribution is -2.38. The number of nitrogens with zero attached hydrogens (tertiary/aromatic N) is 4. The highest BCUT2D eigenvalue weighted by Crippen LogP contribution is 2.23. The summed E-state index contributed by atoms with van der Waals surface area (Å²) in [7, 11) is 1.65. The number of methoxy groups -OCH3 is 1. The van der Waals surface area contributed by atoms with E-state index in [1.165, 1.54) is 16.3 Å². The molecule has 4 aromatic rings. The van der Waals surface area contributed by atoms with Gasteiger partial charge in [-0.05, 0) is 36.8 Å². The van der Waals surface area contributed by atoms with Crippen LogP contribution in [0.3, 0.4) is 0 Å². The number of ether oxygens (including phenoxy) is 1. The van der Waals surface area contributed by atoms with Crippen molar-refractivity contribution >= 4 is 17.2 Å². The summed E-state index contributed by atoms with van der Waals surface area (Å²) in [6.07, 6.45) is 2.22. The highest BCUT2D eigenvalue weighted by Gasteiger charge is 2.27. The first-order chi connectivity index (χ1) is 16.6. The summed E-state index contributed by atoms with van der Waals surface area (Å²) >= 11 is 0. The van der Waals surface area contributed by atoms with Crippen molar-refractivity contribution in [2.24, 2.45) is 0 Å². The minimum Gasteiger partial charge on any atom is -0.497 e. The number of anilines is 1. The number of carbonyl (C=O) groups excluding carboxylic acids is 1. The maximum atomic E-state index is 13.4. The molecule has 0 spiro atoms. The molecule has 1 amide bonds. The van der Waals surface area contributed by atoms with E-state index >= 15 is 0 Å². The molecule has 1 aliphatic heterocycles. The zero-order chi connectivity index (χ0) is 23.7. The van der Waals surface area contributed by atoms with Gasteiger partial charge in [0, 0.05) is 44.0 Å². The van der Waals surface area contributed by atoms with Gasteiger partial charge in [0.25, 0.3) is 11.5 Å². The maximum Gasteiger partial charge on any atom is 0.279 e. The van der Waals surface area contributed by atoms with Crippen LogP contribution in [0, 0.1) is 0 Å². The third-order valence-electron chi connectivity index (χ3n) is 6.33. The number of fused-ring (bicyclic) bond motifs is 2. The van der Waals surface area contributed by atoms with Crippen LogP contribution < -0.4 is 15.6 Å². The third-order valence-corrected chi connectivity index (χ3v) is 6.33. The molecule has 5 rings (SSSR count). The van der Waals surface area contributed by atoms with Crippen molar-refractivity contribution in [3.63, 3.8) is 0 Å². The summed E-state index contributed by atoms with van der Waals surface area (Å²) in [5.41, 5.74) is 4.37. The fraction of sp³-hybridized carbons (Fsp3) is 0.269. The molecule has 0 radical (unpaired) electrons. The van der Waals surface area contributed by atoms with Crippen molar-refractivity contribution in [3.8, 4) is 5.75 Å². The van der Waals surface area contributed by atoms with Crippen LogP contribution in [0.25, 0.3) is 5.65 Å². The summed E-state index contributed by atoms with van der Waals surface area (Å²) in [5, 5.41) is 7.22. The minimum absolute atomic E-state index is 0.159. The molecule has 0 unspecified atom stereocenters. The number of aromatic nitrogens is 3. The van der Waals surface area contributed by atoms with Crippen LogP contribution in [0.2, 0.25) is 0 Å². The predicted molar refractivity (Wildman–Crippen MR) is 130 cm³/mol. The number of hydrogen-bond acceptors (Lipinski definition) is 5. The van der Waals surface area contributed by atoms with Crippen molar-refractivity contribution in [2.45, 2.75) is 33.0 Å². The van der Waals surface area contributed by atoms with E-state index in [9.17, 15) is 9.59 Å². The first-order valence-corrected chi connectivity index (χ1v) is 11.4. The average molecular weight is 458 g/mol. The third kappa shape index (κ3) is 3.97. The molecule has 3 heterocycles. The number of benzene rings is 2. The Morgan fingerprint density at radius 3 is 2.59 bits per heavy atom. The lowest BCUT2D eigenvalue weighted by Gasteiger charge is -2.30. The summed E-state index contributed by atoms with van der Waals surface area (Å²) in [5.74, 6) is 0.548. The van der Waals surface area contributed by atoms with Crippen LogP contribution in [0.1, 0.15) is 34.1 Å². The Morgan fingerprint density at radius 2 is 1.88 bits per heavy atom. The van der Waals surface area contributed by atoms with Crippen molar-refractivity contribution in [2.75, 3.05) is 19.0 Å². The van der Waals surface area contributed by atoms with E-state index in [-0.39, 0.29) is 11.5 Å².